The van der Waals surface area contributed by atoms with Crippen LogP contribution in [0.15, 0.2) is 54.6 Å². The van der Waals surface area contributed by atoms with E-state index in [0.29, 0.717) is 22.0 Å². The second-order valence-electron chi connectivity index (χ2n) is 8.90. The highest BCUT2D eigenvalue weighted by atomic mass is 35.5. The van der Waals surface area contributed by atoms with Gasteiger partial charge in [-0.15, -0.1) is 0 Å². The minimum absolute atomic E-state index is 0.0329. The molecule has 2 aromatic rings. The van der Waals surface area contributed by atoms with E-state index in [-0.39, 0.29) is 29.3 Å². The largest absolute Gasteiger partial charge is 0.469 e. The molecule has 0 bridgehead atoms. The Labute approximate surface area is 193 Å². The number of methoxy groups -OCH3 is 1. The molecule has 0 fully saturated rings. The average molecular weight is 460 g/mol. The van der Waals surface area contributed by atoms with Crippen LogP contribution in [0.1, 0.15) is 54.6 Å². The molecule has 0 saturated heterocycles. The van der Waals surface area contributed by atoms with Crippen LogP contribution in [0.4, 0.5) is 0 Å². The zero-order chi connectivity index (χ0) is 22.8. The van der Waals surface area contributed by atoms with E-state index in [9.17, 15) is 9.59 Å². The first-order chi connectivity index (χ1) is 14.6. The Bertz CT molecular complexity index is 973. The molecule has 31 heavy (non-hydrogen) atoms. The minimum Gasteiger partial charge on any atom is -0.469 e. The van der Waals surface area contributed by atoms with Gasteiger partial charge in [0.25, 0.3) is 5.91 Å². The van der Waals surface area contributed by atoms with Gasteiger partial charge in [-0.3, -0.25) is 9.59 Å². The second kappa shape index (κ2) is 9.46. The Balaban J connectivity index is 1.74. The molecule has 0 aromatic heterocycles. The number of carbonyl (C=O) groups is 2. The molecule has 2 aromatic carbocycles. The summed E-state index contributed by atoms with van der Waals surface area (Å²) in [7, 11) is 1.40. The predicted molar refractivity (Wildman–Crippen MR) is 125 cm³/mol. The van der Waals surface area contributed by atoms with E-state index in [2.05, 4.69) is 38.2 Å². The van der Waals surface area contributed by atoms with Crippen LogP contribution in [0.5, 0.6) is 0 Å². The quantitative estimate of drug-likeness (QED) is 0.445. The number of hydrogen-bond acceptors (Lipinski definition) is 3. The van der Waals surface area contributed by atoms with Gasteiger partial charge in [-0.05, 0) is 47.1 Å². The third kappa shape index (κ3) is 5.69. The highest BCUT2D eigenvalue weighted by molar-refractivity contribution is 6.35. The molecule has 1 aliphatic carbocycles. The van der Waals surface area contributed by atoms with Crippen molar-refractivity contribution in [3.63, 3.8) is 0 Å². The molecule has 6 heteroatoms. The lowest BCUT2D eigenvalue weighted by molar-refractivity contribution is -0.143. The van der Waals surface area contributed by atoms with Gasteiger partial charge in [-0.2, -0.15) is 0 Å². The van der Waals surface area contributed by atoms with Gasteiger partial charge in [0.2, 0.25) is 0 Å². The van der Waals surface area contributed by atoms with Gasteiger partial charge in [0.05, 0.1) is 13.0 Å². The first-order valence-electron chi connectivity index (χ1n) is 10.2. The van der Waals surface area contributed by atoms with Crippen LogP contribution < -0.4 is 5.32 Å². The third-order valence-corrected chi connectivity index (χ3v) is 6.01. The zero-order valence-electron chi connectivity index (χ0n) is 18.1. The fourth-order valence-corrected chi connectivity index (χ4v) is 4.42. The molecular weight excluding hydrogens is 433 g/mol. The Morgan fingerprint density at radius 2 is 1.65 bits per heavy atom. The van der Waals surface area contributed by atoms with Gasteiger partial charge >= 0.3 is 5.97 Å². The first kappa shape index (κ1) is 23.4. The summed E-state index contributed by atoms with van der Waals surface area (Å²) in [6, 6.07) is 12.7. The summed E-state index contributed by atoms with van der Waals surface area (Å²) < 4.78 is 5.10. The Morgan fingerprint density at radius 1 is 1.03 bits per heavy atom. The average Bonchev–Trinajstić information content (AvgIpc) is 3.14. The number of ether oxygens (including phenoxy) is 1. The molecule has 0 radical (unpaired) electrons. The molecule has 1 amide bonds. The summed E-state index contributed by atoms with van der Waals surface area (Å²) in [6.45, 7) is 6.46. The summed E-state index contributed by atoms with van der Waals surface area (Å²) >= 11 is 12.0. The van der Waals surface area contributed by atoms with Crippen LogP contribution in [0.2, 0.25) is 10.0 Å². The maximum absolute atomic E-state index is 12.6. The molecule has 0 heterocycles. The number of carbonyl (C=O) groups excluding carboxylic acids is 2. The van der Waals surface area contributed by atoms with Crippen LogP contribution in [-0.2, 0) is 14.9 Å². The number of nitrogens with one attached hydrogen (secondary N) is 1. The molecule has 3 rings (SSSR count). The van der Waals surface area contributed by atoms with Crippen molar-refractivity contribution in [3.05, 3.63) is 81.4 Å². The smallest absolute Gasteiger partial charge is 0.313 e. The van der Waals surface area contributed by atoms with Crippen molar-refractivity contribution in [1.82, 2.24) is 5.32 Å². The zero-order valence-corrected chi connectivity index (χ0v) is 19.6. The van der Waals surface area contributed by atoms with Crippen molar-refractivity contribution < 1.29 is 14.3 Å². The standard InChI is InChI=1S/C25H27Cl2NO3/c1-25(2,3)18-8-5-15(6-9-18)22(24(30)31-4)16-7-10-21(13-16)28-23(29)17-11-19(26)14-20(27)12-17/h5-12,14,16,21-22H,13H2,1-4H3,(H,28,29)/t16-,21+,22+/m0/s1. The summed E-state index contributed by atoms with van der Waals surface area (Å²) in [5.41, 5.74) is 2.54. The van der Waals surface area contributed by atoms with E-state index >= 15 is 0 Å². The molecule has 1 N–H and O–H groups in total. The van der Waals surface area contributed by atoms with Crippen LogP contribution in [-0.4, -0.2) is 25.0 Å². The predicted octanol–water partition coefficient (Wildman–Crippen LogP) is 5.92. The van der Waals surface area contributed by atoms with E-state index in [1.807, 2.05) is 24.3 Å². The Kier molecular flexibility index (Phi) is 7.13. The third-order valence-electron chi connectivity index (χ3n) is 5.58. The summed E-state index contributed by atoms with van der Waals surface area (Å²) in [6.07, 6.45) is 4.50. The van der Waals surface area contributed by atoms with Gasteiger partial charge in [-0.25, -0.2) is 0 Å². The van der Waals surface area contributed by atoms with E-state index in [0.717, 1.165) is 5.56 Å². The molecule has 4 nitrogen and oxygen atoms in total. The van der Waals surface area contributed by atoms with Crippen LogP contribution >= 0.6 is 23.2 Å². The number of rotatable bonds is 5. The van der Waals surface area contributed by atoms with Crippen molar-refractivity contribution >= 4 is 35.1 Å². The van der Waals surface area contributed by atoms with Gasteiger partial charge in [0.15, 0.2) is 0 Å². The van der Waals surface area contributed by atoms with Gasteiger partial charge in [-0.1, -0.05) is 80.4 Å². The van der Waals surface area contributed by atoms with E-state index in [1.54, 1.807) is 18.2 Å². The van der Waals surface area contributed by atoms with E-state index in [4.69, 9.17) is 27.9 Å². The molecule has 0 aliphatic heterocycles. The van der Waals surface area contributed by atoms with Crippen molar-refractivity contribution in [2.45, 2.75) is 44.6 Å². The lowest BCUT2D eigenvalue weighted by Gasteiger charge is -2.24. The maximum atomic E-state index is 12.6. The topological polar surface area (TPSA) is 55.4 Å². The Morgan fingerprint density at radius 3 is 2.19 bits per heavy atom. The second-order valence-corrected chi connectivity index (χ2v) is 9.77. The monoisotopic (exact) mass is 459 g/mol. The number of benzene rings is 2. The number of esters is 1. The van der Waals surface area contributed by atoms with Crippen molar-refractivity contribution in [1.29, 1.82) is 0 Å². The van der Waals surface area contributed by atoms with Crippen LogP contribution in [0.3, 0.4) is 0 Å². The lowest BCUT2D eigenvalue weighted by atomic mass is 9.82. The molecule has 0 saturated carbocycles. The van der Waals surface area contributed by atoms with Crippen LogP contribution in [0.25, 0.3) is 0 Å². The summed E-state index contributed by atoms with van der Waals surface area (Å²) in [5.74, 6) is -1.06. The number of halogens is 2. The van der Waals surface area contributed by atoms with Gasteiger partial charge in [0, 0.05) is 21.7 Å². The van der Waals surface area contributed by atoms with E-state index in [1.165, 1.54) is 12.7 Å². The molecule has 3 atom stereocenters. The van der Waals surface area contributed by atoms with E-state index < -0.39 is 5.92 Å². The Hall–Kier alpha value is -2.30. The molecular formula is C25H27Cl2NO3. The fourth-order valence-electron chi connectivity index (χ4n) is 3.89. The SMILES string of the molecule is COC(=O)[C@H](c1ccc(C(C)(C)C)cc1)[C@H]1C=C[C@@H](NC(=O)c2cc(Cl)cc(Cl)c2)C1. The van der Waals surface area contributed by atoms with Crippen molar-refractivity contribution in [2.24, 2.45) is 5.92 Å². The fraction of sp³-hybridized carbons (Fsp3) is 0.360. The molecule has 1 aliphatic rings. The normalized spacial score (nSPS) is 19.2. The maximum Gasteiger partial charge on any atom is 0.313 e. The highest BCUT2D eigenvalue weighted by Crippen LogP contribution is 2.35. The first-order valence-corrected chi connectivity index (χ1v) is 11.0. The summed E-state index contributed by atoms with van der Waals surface area (Å²) in [5, 5.41) is 3.79. The van der Waals surface area contributed by atoms with Crippen LogP contribution in [0, 0.1) is 5.92 Å². The molecule has 0 unspecified atom stereocenters. The van der Waals surface area contributed by atoms with Crippen molar-refractivity contribution in [2.75, 3.05) is 7.11 Å². The highest BCUT2D eigenvalue weighted by Gasteiger charge is 2.34. The minimum atomic E-state index is -0.433. The molecule has 164 valence electrons. The van der Waals surface area contributed by atoms with Crippen molar-refractivity contribution in [3.8, 4) is 0 Å². The molecule has 0 spiro atoms. The number of amides is 1. The lowest BCUT2D eigenvalue weighted by Crippen LogP contribution is -2.33. The van der Waals surface area contributed by atoms with Gasteiger partial charge < -0.3 is 10.1 Å². The summed E-state index contributed by atoms with van der Waals surface area (Å²) in [4.78, 5) is 25.3. The number of hydrogen-bond donors (Lipinski definition) is 1. The number of allylic oxidation sites excluding steroid dienone is 1. The van der Waals surface area contributed by atoms with Gasteiger partial charge in [0.1, 0.15) is 0 Å².